The molecule has 0 heterocycles. The highest BCUT2D eigenvalue weighted by Gasteiger charge is 2.21. The number of anilines is 1. The van der Waals surface area contributed by atoms with Crippen molar-refractivity contribution >= 4 is 21.6 Å². The van der Waals surface area contributed by atoms with Gasteiger partial charge in [-0.25, -0.2) is 8.42 Å². The summed E-state index contributed by atoms with van der Waals surface area (Å²) in [4.78, 5) is 12.6. The fourth-order valence-electron chi connectivity index (χ4n) is 2.82. The summed E-state index contributed by atoms with van der Waals surface area (Å²) in [5.74, 6) is 0.216. The lowest BCUT2D eigenvalue weighted by Crippen LogP contribution is -2.30. The molecule has 2 aromatic carbocycles. The second-order valence-electron chi connectivity index (χ2n) is 6.50. The van der Waals surface area contributed by atoms with Crippen LogP contribution in [0.5, 0.6) is 0 Å². The Labute approximate surface area is 162 Å². The molecule has 0 saturated heterocycles. The van der Waals surface area contributed by atoms with Crippen LogP contribution in [0.1, 0.15) is 56.0 Å². The molecular formula is C21H28N2O3S. The number of carbonyl (C=O) groups is 1. The zero-order valence-electron chi connectivity index (χ0n) is 16.4. The summed E-state index contributed by atoms with van der Waals surface area (Å²) in [6.07, 6.45) is 1.06. The third-order valence-corrected chi connectivity index (χ3v) is 6.87. The Hall–Kier alpha value is -2.18. The Morgan fingerprint density at radius 2 is 1.52 bits per heavy atom. The van der Waals surface area contributed by atoms with Crippen molar-refractivity contribution in [3.63, 3.8) is 0 Å². The Kier molecular flexibility index (Phi) is 7.16. The first-order valence-corrected chi connectivity index (χ1v) is 10.8. The highest BCUT2D eigenvalue weighted by Crippen LogP contribution is 2.21. The molecule has 0 aromatic heterocycles. The molecule has 0 bridgehead atoms. The van der Waals surface area contributed by atoms with E-state index in [0.29, 0.717) is 30.3 Å². The van der Waals surface area contributed by atoms with Gasteiger partial charge in [0.25, 0.3) is 5.91 Å². The predicted octanol–water partition coefficient (Wildman–Crippen LogP) is 4.48. The van der Waals surface area contributed by atoms with Crippen molar-refractivity contribution < 1.29 is 13.2 Å². The van der Waals surface area contributed by atoms with Gasteiger partial charge in [-0.05, 0) is 54.3 Å². The maximum atomic E-state index is 12.5. The molecule has 0 unspecified atom stereocenters. The van der Waals surface area contributed by atoms with Gasteiger partial charge in [0.1, 0.15) is 0 Å². The molecule has 1 N–H and O–H groups in total. The van der Waals surface area contributed by atoms with Gasteiger partial charge in [-0.2, -0.15) is 4.31 Å². The lowest BCUT2D eigenvalue weighted by molar-refractivity contribution is 0.102. The summed E-state index contributed by atoms with van der Waals surface area (Å²) in [6, 6.07) is 13.9. The molecule has 27 heavy (non-hydrogen) atoms. The van der Waals surface area contributed by atoms with E-state index in [4.69, 9.17) is 0 Å². The summed E-state index contributed by atoms with van der Waals surface area (Å²) < 4.78 is 26.4. The number of nitrogens with one attached hydrogen (secondary N) is 1. The zero-order valence-corrected chi connectivity index (χ0v) is 17.2. The minimum Gasteiger partial charge on any atom is -0.322 e. The van der Waals surface area contributed by atoms with Gasteiger partial charge in [-0.1, -0.05) is 39.8 Å². The first-order valence-electron chi connectivity index (χ1n) is 9.34. The van der Waals surface area contributed by atoms with E-state index in [-0.39, 0.29) is 10.8 Å². The second-order valence-corrected chi connectivity index (χ2v) is 8.44. The molecule has 1 amide bonds. The molecule has 0 fully saturated rings. The van der Waals surface area contributed by atoms with Gasteiger partial charge in [-0.15, -0.1) is 0 Å². The number of nitrogens with zero attached hydrogens (tertiary/aromatic N) is 1. The van der Waals surface area contributed by atoms with E-state index in [1.807, 2.05) is 24.3 Å². The average Bonchev–Trinajstić information content (AvgIpc) is 2.68. The Morgan fingerprint density at radius 3 is 2.00 bits per heavy atom. The van der Waals surface area contributed by atoms with Crippen LogP contribution in [0, 0.1) is 0 Å². The van der Waals surface area contributed by atoms with Gasteiger partial charge in [0, 0.05) is 24.3 Å². The van der Waals surface area contributed by atoms with E-state index in [2.05, 4.69) is 19.2 Å². The van der Waals surface area contributed by atoms with Crippen molar-refractivity contribution in [2.45, 2.75) is 44.9 Å². The molecule has 0 aliphatic carbocycles. The summed E-state index contributed by atoms with van der Waals surface area (Å²) >= 11 is 0. The van der Waals surface area contributed by atoms with Crippen LogP contribution < -0.4 is 5.32 Å². The van der Waals surface area contributed by atoms with Gasteiger partial charge in [-0.3, -0.25) is 4.79 Å². The van der Waals surface area contributed by atoms with E-state index in [9.17, 15) is 13.2 Å². The highest BCUT2D eigenvalue weighted by molar-refractivity contribution is 7.89. The molecule has 146 valence electrons. The van der Waals surface area contributed by atoms with Crippen molar-refractivity contribution in [1.82, 2.24) is 4.31 Å². The third kappa shape index (κ3) is 4.96. The molecule has 2 rings (SSSR count). The van der Waals surface area contributed by atoms with Crippen molar-refractivity contribution in [3.8, 4) is 0 Å². The fraction of sp³-hybridized carbons (Fsp3) is 0.381. The van der Waals surface area contributed by atoms with Crippen molar-refractivity contribution in [2.24, 2.45) is 0 Å². The molecule has 0 saturated carbocycles. The van der Waals surface area contributed by atoms with E-state index < -0.39 is 10.0 Å². The average molecular weight is 389 g/mol. The largest absolute Gasteiger partial charge is 0.322 e. The van der Waals surface area contributed by atoms with Crippen molar-refractivity contribution in [1.29, 1.82) is 0 Å². The monoisotopic (exact) mass is 388 g/mol. The summed E-state index contributed by atoms with van der Waals surface area (Å²) in [5.41, 5.74) is 2.37. The van der Waals surface area contributed by atoms with Crippen LogP contribution in [0.4, 0.5) is 5.69 Å². The molecule has 0 aliphatic rings. The Morgan fingerprint density at radius 1 is 0.963 bits per heavy atom. The fourth-order valence-corrected chi connectivity index (χ4v) is 4.28. The number of sulfonamides is 1. The van der Waals surface area contributed by atoms with Gasteiger partial charge in [0.2, 0.25) is 10.0 Å². The number of hydrogen-bond donors (Lipinski definition) is 1. The SMILES string of the molecule is CC[C@H](C)c1ccc(NC(=O)c2ccc(S(=O)(=O)N(CC)CC)cc2)cc1. The molecule has 5 nitrogen and oxygen atoms in total. The molecular weight excluding hydrogens is 360 g/mol. The molecule has 2 aromatic rings. The van der Waals surface area contributed by atoms with Gasteiger partial charge >= 0.3 is 0 Å². The zero-order chi connectivity index (χ0) is 20.0. The van der Waals surface area contributed by atoms with E-state index in [1.54, 1.807) is 26.0 Å². The molecule has 0 spiro atoms. The maximum absolute atomic E-state index is 12.5. The van der Waals surface area contributed by atoms with Gasteiger partial charge in [0.05, 0.1) is 4.90 Å². The molecule has 0 radical (unpaired) electrons. The van der Waals surface area contributed by atoms with Crippen LogP contribution in [0.2, 0.25) is 0 Å². The van der Waals surface area contributed by atoms with Crippen LogP contribution >= 0.6 is 0 Å². The van der Waals surface area contributed by atoms with E-state index in [0.717, 1.165) is 6.42 Å². The Balaban J connectivity index is 2.12. The van der Waals surface area contributed by atoms with Crippen LogP contribution in [-0.2, 0) is 10.0 Å². The quantitative estimate of drug-likeness (QED) is 0.725. The standard InChI is InChI=1S/C21H28N2O3S/c1-5-16(4)17-8-12-19(13-9-17)22-21(24)18-10-14-20(15-11-18)27(25,26)23(6-2)7-3/h8-16H,5-7H2,1-4H3,(H,22,24)/t16-/m0/s1. The lowest BCUT2D eigenvalue weighted by Gasteiger charge is -2.18. The van der Waals surface area contributed by atoms with Crippen LogP contribution in [0.25, 0.3) is 0 Å². The van der Waals surface area contributed by atoms with Crippen molar-refractivity contribution in [3.05, 3.63) is 59.7 Å². The summed E-state index contributed by atoms with van der Waals surface area (Å²) in [6.45, 7) is 8.73. The first kappa shape index (κ1) is 21.1. The number of amides is 1. The summed E-state index contributed by atoms with van der Waals surface area (Å²) in [7, 11) is -3.52. The number of benzene rings is 2. The Bertz CT molecular complexity index is 855. The maximum Gasteiger partial charge on any atom is 0.255 e. The molecule has 6 heteroatoms. The molecule has 0 aliphatic heterocycles. The van der Waals surface area contributed by atoms with Crippen LogP contribution in [-0.4, -0.2) is 31.7 Å². The predicted molar refractivity (Wildman–Crippen MR) is 110 cm³/mol. The lowest BCUT2D eigenvalue weighted by atomic mass is 9.98. The second kappa shape index (κ2) is 9.15. The summed E-state index contributed by atoms with van der Waals surface area (Å²) in [5, 5.41) is 2.85. The van der Waals surface area contributed by atoms with Crippen LogP contribution in [0.15, 0.2) is 53.4 Å². The van der Waals surface area contributed by atoms with Gasteiger partial charge in [0.15, 0.2) is 0 Å². The number of carbonyl (C=O) groups excluding carboxylic acids is 1. The van der Waals surface area contributed by atoms with E-state index in [1.165, 1.54) is 22.0 Å². The van der Waals surface area contributed by atoms with Crippen LogP contribution in [0.3, 0.4) is 0 Å². The topological polar surface area (TPSA) is 66.5 Å². The normalized spacial score (nSPS) is 12.8. The third-order valence-electron chi connectivity index (χ3n) is 4.81. The minimum absolute atomic E-state index is 0.195. The molecule has 1 atom stereocenters. The van der Waals surface area contributed by atoms with E-state index >= 15 is 0 Å². The van der Waals surface area contributed by atoms with Crippen molar-refractivity contribution in [2.75, 3.05) is 18.4 Å². The number of rotatable bonds is 8. The van der Waals surface area contributed by atoms with Gasteiger partial charge < -0.3 is 5.32 Å². The minimum atomic E-state index is -3.52. The first-order chi connectivity index (χ1) is 12.8. The number of hydrogen-bond acceptors (Lipinski definition) is 3. The smallest absolute Gasteiger partial charge is 0.255 e. The highest BCUT2D eigenvalue weighted by atomic mass is 32.2.